The van der Waals surface area contributed by atoms with Gasteiger partial charge in [-0.15, -0.1) is 11.8 Å². The van der Waals surface area contributed by atoms with Crippen LogP contribution in [0.15, 0.2) is 47.3 Å². The molecule has 1 heterocycles. The molecule has 7 heteroatoms. The third-order valence-electron chi connectivity index (χ3n) is 3.52. The van der Waals surface area contributed by atoms with Crippen molar-refractivity contribution in [2.24, 2.45) is 7.05 Å². The van der Waals surface area contributed by atoms with E-state index in [0.717, 1.165) is 21.6 Å². The van der Waals surface area contributed by atoms with Gasteiger partial charge in [-0.2, -0.15) is 0 Å². The highest BCUT2D eigenvalue weighted by Gasteiger charge is 2.08. The Morgan fingerprint density at radius 1 is 1.29 bits per heavy atom. The minimum absolute atomic E-state index is 0.0334. The zero-order valence-corrected chi connectivity index (χ0v) is 14.5. The summed E-state index contributed by atoms with van der Waals surface area (Å²) in [6.07, 6.45) is 0. The molecule has 0 atom stereocenters. The summed E-state index contributed by atoms with van der Waals surface area (Å²) in [7, 11) is 1.72. The van der Waals surface area contributed by atoms with Crippen LogP contribution in [-0.4, -0.2) is 16.2 Å². The molecule has 3 rings (SSSR count). The molecule has 1 amide bonds. The van der Waals surface area contributed by atoms with Crippen LogP contribution in [0, 0.1) is 5.82 Å². The van der Waals surface area contributed by atoms with Gasteiger partial charge in [-0.1, -0.05) is 29.5 Å². The largest absolute Gasteiger partial charge is 0.325 e. The highest BCUT2D eigenvalue weighted by atomic mass is 32.2. The van der Waals surface area contributed by atoms with Gasteiger partial charge in [0.05, 0.1) is 16.0 Å². The van der Waals surface area contributed by atoms with E-state index in [9.17, 15) is 14.0 Å². The lowest BCUT2D eigenvalue weighted by molar-refractivity contribution is -0.113. The number of hydrogen-bond acceptors (Lipinski definition) is 4. The fraction of sp³-hybridized carbons (Fsp3) is 0.176. The van der Waals surface area contributed by atoms with Crippen molar-refractivity contribution in [2.45, 2.75) is 5.75 Å². The van der Waals surface area contributed by atoms with Crippen molar-refractivity contribution >= 4 is 44.9 Å². The van der Waals surface area contributed by atoms with Crippen LogP contribution in [0.25, 0.3) is 10.2 Å². The molecule has 2 aromatic carbocycles. The third-order valence-corrected chi connectivity index (χ3v) is 5.50. The summed E-state index contributed by atoms with van der Waals surface area (Å²) >= 11 is 2.50. The summed E-state index contributed by atoms with van der Waals surface area (Å²) in [6, 6.07) is 11.9. The molecule has 24 heavy (non-hydrogen) atoms. The molecule has 0 unspecified atom stereocenters. The van der Waals surface area contributed by atoms with Crippen LogP contribution < -0.4 is 10.2 Å². The molecule has 0 saturated heterocycles. The van der Waals surface area contributed by atoms with Crippen LogP contribution in [0.2, 0.25) is 0 Å². The fourth-order valence-corrected chi connectivity index (χ4v) is 4.01. The molecule has 4 nitrogen and oxygen atoms in total. The Kier molecular flexibility index (Phi) is 5.01. The second-order valence-corrected chi connectivity index (χ2v) is 7.22. The van der Waals surface area contributed by atoms with Crippen molar-refractivity contribution in [3.05, 3.63) is 63.5 Å². The number of fused-ring (bicyclic) bond motifs is 1. The Morgan fingerprint density at radius 2 is 2.08 bits per heavy atom. The normalized spacial score (nSPS) is 10.9. The number of nitrogens with zero attached hydrogens (tertiary/aromatic N) is 1. The van der Waals surface area contributed by atoms with Gasteiger partial charge in [-0.25, -0.2) is 4.39 Å². The molecule has 0 spiro atoms. The van der Waals surface area contributed by atoms with E-state index in [0.29, 0.717) is 17.0 Å². The van der Waals surface area contributed by atoms with Crippen molar-refractivity contribution < 1.29 is 9.18 Å². The molecular weight excluding hydrogens is 347 g/mol. The average Bonchev–Trinajstić information content (AvgIpc) is 2.83. The first-order chi connectivity index (χ1) is 11.5. The minimum Gasteiger partial charge on any atom is -0.325 e. The highest BCUT2D eigenvalue weighted by Crippen LogP contribution is 2.21. The van der Waals surface area contributed by atoms with E-state index < -0.39 is 0 Å². The topological polar surface area (TPSA) is 51.1 Å². The number of amides is 1. The fourth-order valence-electron chi connectivity index (χ4n) is 2.28. The van der Waals surface area contributed by atoms with Crippen molar-refractivity contribution in [3.8, 4) is 0 Å². The second kappa shape index (κ2) is 7.19. The molecule has 0 aliphatic carbocycles. The van der Waals surface area contributed by atoms with E-state index in [4.69, 9.17) is 0 Å². The van der Waals surface area contributed by atoms with Gasteiger partial charge in [-0.05, 0) is 29.8 Å². The number of rotatable bonds is 5. The van der Waals surface area contributed by atoms with Gasteiger partial charge < -0.3 is 9.88 Å². The maximum absolute atomic E-state index is 13.5. The Labute approximate surface area is 146 Å². The standard InChI is InChI=1S/C17H15FN2O2S2/c1-20-14-7-6-12(8-15(14)24-17(20)22)19-16(21)10-23-9-11-4-2-3-5-13(11)18/h2-8H,9-10H2,1H3,(H,19,21). The van der Waals surface area contributed by atoms with Crippen molar-refractivity contribution in [1.29, 1.82) is 0 Å². The zero-order chi connectivity index (χ0) is 17.1. The number of halogens is 1. The number of anilines is 1. The maximum Gasteiger partial charge on any atom is 0.307 e. The van der Waals surface area contributed by atoms with Crippen LogP contribution >= 0.6 is 23.1 Å². The van der Waals surface area contributed by atoms with E-state index in [-0.39, 0.29) is 22.4 Å². The number of hydrogen-bond donors (Lipinski definition) is 1. The monoisotopic (exact) mass is 362 g/mol. The second-order valence-electron chi connectivity index (χ2n) is 5.24. The molecule has 1 N–H and O–H groups in total. The lowest BCUT2D eigenvalue weighted by Gasteiger charge is -2.06. The predicted octanol–water partition coefficient (Wildman–Crippen LogP) is 3.61. The lowest BCUT2D eigenvalue weighted by Crippen LogP contribution is -2.14. The van der Waals surface area contributed by atoms with Gasteiger partial charge >= 0.3 is 4.87 Å². The summed E-state index contributed by atoms with van der Waals surface area (Å²) in [5, 5.41) is 2.81. The number of carbonyl (C=O) groups is 1. The molecule has 1 aromatic heterocycles. The Hall–Kier alpha value is -2.12. The first-order valence-corrected chi connectivity index (χ1v) is 9.22. The molecule has 0 fully saturated rings. The van der Waals surface area contributed by atoms with Crippen LogP contribution in [0.1, 0.15) is 5.56 Å². The molecule has 3 aromatic rings. The van der Waals surface area contributed by atoms with E-state index >= 15 is 0 Å². The molecule has 0 radical (unpaired) electrons. The van der Waals surface area contributed by atoms with Crippen LogP contribution in [-0.2, 0) is 17.6 Å². The summed E-state index contributed by atoms with van der Waals surface area (Å²) in [5.74, 6) is 0.269. The van der Waals surface area contributed by atoms with E-state index in [1.54, 1.807) is 41.9 Å². The third kappa shape index (κ3) is 3.68. The summed E-state index contributed by atoms with van der Waals surface area (Å²) in [6.45, 7) is 0. The number of thioether (sulfide) groups is 1. The molecule has 0 aliphatic rings. The van der Waals surface area contributed by atoms with Gasteiger partial charge in [0.1, 0.15) is 5.82 Å². The molecule has 0 saturated carbocycles. The van der Waals surface area contributed by atoms with Gasteiger partial charge in [0, 0.05) is 18.5 Å². The molecule has 124 valence electrons. The van der Waals surface area contributed by atoms with E-state index in [1.807, 2.05) is 6.07 Å². The van der Waals surface area contributed by atoms with E-state index in [1.165, 1.54) is 17.8 Å². The maximum atomic E-state index is 13.5. The summed E-state index contributed by atoms with van der Waals surface area (Å²) in [4.78, 5) is 23.6. The first-order valence-electron chi connectivity index (χ1n) is 7.25. The smallest absolute Gasteiger partial charge is 0.307 e. The lowest BCUT2D eigenvalue weighted by atomic mass is 10.2. The van der Waals surface area contributed by atoms with Gasteiger partial charge in [0.2, 0.25) is 5.91 Å². The summed E-state index contributed by atoms with van der Waals surface area (Å²) < 4.78 is 15.9. The predicted molar refractivity (Wildman–Crippen MR) is 98.3 cm³/mol. The zero-order valence-electron chi connectivity index (χ0n) is 12.9. The Bertz CT molecular complexity index is 949. The van der Waals surface area contributed by atoms with Crippen molar-refractivity contribution in [1.82, 2.24) is 4.57 Å². The highest BCUT2D eigenvalue weighted by molar-refractivity contribution is 7.99. The van der Waals surface area contributed by atoms with Gasteiger partial charge in [-0.3, -0.25) is 9.59 Å². The first kappa shape index (κ1) is 16.7. The quantitative estimate of drug-likeness (QED) is 0.754. The molecule has 0 bridgehead atoms. The number of nitrogens with one attached hydrogen (secondary N) is 1. The van der Waals surface area contributed by atoms with Crippen LogP contribution in [0.5, 0.6) is 0 Å². The summed E-state index contributed by atoms with van der Waals surface area (Å²) in [5.41, 5.74) is 2.09. The minimum atomic E-state index is -0.255. The van der Waals surface area contributed by atoms with Crippen molar-refractivity contribution in [3.63, 3.8) is 0 Å². The average molecular weight is 362 g/mol. The van der Waals surface area contributed by atoms with E-state index in [2.05, 4.69) is 5.32 Å². The van der Waals surface area contributed by atoms with Gasteiger partial charge in [0.15, 0.2) is 0 Å². The number of benzene rings is 2. The van der Waals surface area contributed by atoms with Crippen molar-refractivity contribution in [2.75, 3.05) is 11.1 Å². The number of aromatic nitrogens is 1. The Morgan fingerprint density at radius 3 is 2.88 bits per heavy atom. The Balaban J connectivity index is 1.59. The molecular formula is C17H15FN2O2S2. The molecule has 0 aliphatic heterocycles. The SMILES string of the molecule is Cn1c(=O)sc2cc(NC(=O)CSCc3ccccc3F)ccc21. The van der Waals surface area contributed by atoms with Crippen LogP contribution in [0.3, 0.4) is 0 Å². The van der Waals surface area contributed by atoms with Crippen LogP contribution in [0.4, 0.5) is 10.1 Å². The van der Waals surface area contributed by atoms with Gasteiger partial charge in [0.25, 0.3) is 0 Å². The number of thiazole rings is 1. The number of carbonyl (C=O) groups excluding carboxylic acids is 1. The number of aryl methyl sites for hydroxylation is 1.